The van der Waals surface area contributed by atoms with Crippen molar-refractivity contribution < 1.29 is 9.53 Å². The topological polar surface area (TPSA) is 52.1 Å². The summed E-state index contributed by atoms with van der Waals surface area (Å²) in [7, 11) is 0. The summed E-state index contributed by atoms with van der Waals surface area (Å²) in [6, 6.07) is 7.28. The van der Waals surface area contributed by atoms with Crippen LogP contribution in [0.25, 0.3) is 11.4 Å². The Labute approximate surface area is 186 Å². The molecular formula is C25H35ClN2O2. The zero-order chi connectivity index (χ0) is 21.8. The molecule has 5 heteroatoms. The van der Waals surface area contributed by atoms with Crippen LogP contribution in [0.1, 0.15) is 77.7 Å². The van der Waals surface area contributed by atoms with Gasteiger partial charge in [-0.05, 0) is 49.1 Å². The van der Waals surface area contributed by atoms with Crippen LogP contribution in [0, 0.1) is 5.92 Å². The van der Waals surface area contributed by atoms with E-state index >= 15 is 0 Å². The number of alkyl halides is 1. The van der Waals surface area contributed by atoms with Crippen molar-refractivity contribution in [3.63, 3.8) is 0 Å². The zero-order valence-corrected chi connectivity index (χ0v) is 19.3. The predicted molar refractivity (Wildman–Crippen MR) is 124 cm³/mol. The fourth-order valence-electron chi connectivity index (χ4n) is 3.30. The number of aromatic nitrogens is 2. The maximum atomic E-state index is 12.1. The van der Waals surface area contributed by atoms with Crippen molar-refractivity contribution in [1.29, 1.82) is 0 Å². The van der Waals surface area contributed by atoms with Crippen molar-refractivity contribution in [2.24, 2.45) is 5.92 Å². The molecule has 1 heterocycles. The standard InChI is InChI=1S/C25H35ClN2O2/c1-4-6-7-8-9-10-11-12-20-17-27-24(28-18-20)21-13-15-22(16-14-21)30-25(29)19(3)23(26)5-2/h13-19,23H,4-12H2,1-3H3. The van der Waals surface area contributed by atoms with Gasteiger partial charge in [0.15, 0.2) is 5.82 Å². The van der Waals surface area contributed by atoms with Crippen LogP contribution in [-0.4, -0.2) is 21.3 Å². The number of halogens is 1. The van der Waals surface area contributed by atoms with Crippen molar-refractivity contribution in [2.75, 3.05) is 0 Å². The third-order valence-corrected chi connectivity index (χ3v) is 6.10. The number of nitrogens with zero attached hydrogens (tertiary/aromatic N) is 2. The summed E-state index contributed by atoms with van der Waals surface area (Å²) in [6.45, 7) is 5.99. The van der Waals surface area contributed by atoms with Gasteiger partial charge in [-0.25, -0.2) is 9.97 Å². The fourth-order valence-corrected chi connectivity index (χ4v) is 3.40. The summed E-state index contributed by atoms with van der Waals surface area (Å²) in [5.74, 6) is 0.529. The molecule has 4 nitrogen and oxygen atoms in total. The number of esters is 1. The van der Waals surface area contributed by atoms with Gasteiger partial charge in [-0.15, -0.1) is 11.6 Å². The average molecular weight is 431 g/mol. The number of carbonyl (C=O) groups is 1. The normalized spacial score (nSPS) is 13.1. The first-order chi connectivity index (χ1) is 14.5. The van der Waals surface area contributed by atoms with E-state index in [9.17, 15) is 4.79 Å². The van der Waals surface area contributed by atoms with Crippen LogP contribution < -0.4 is 4.74 Å². The summed E-state index contributed by atoms with van der Waals surface area (Å²) in [5, 5.41) is -0.218. The summed E-state index contributed by atoms with van der Waals surface area (Å²) in [6.07, 6.45) is 14.7. The predicted octanol–water partition coefficient (Wildman–Crippen LogP) is 7.00. The molecular weight excluding hydrogens is 396 g/mol. The molecule has 1 aromatic carbocycles. The van der Waals surface area contributed by atoms with Crippen LogP contribution in [0.15, 0.2) is 36.7 Å². The first-order valence-corrected chi connectivity index (χ1v) is 11.8. The molecule has 0 fully saturated rings. The van der Waals surface area contributed by atoms with E-state index in [0.717, 1.165) is 18.4 Å². The second-order valence-electron chi connectivity index (χ2n) is 7.94. The summed E-state index contributed by atoms with van der Waals surface area (Å²) in [4.78, 5) is 21.2. The Morgan fingerprint density at radius 1 is 0.967 bits per heavy atom. The second kappa shape index (κ2) is 13.4. The van der Waals surface area contributed by atoms with Gasteiger partial charge in [-0.2, -0.15) is 0 Å². The van der Waals surface area contributed by atoms with E-state index in [0.29, 0.717) is 11.6 Å². The SMILES string of the molecule is CCCCCCCCCc1cnc(-c2ccc(OC(=O)C(C)C(Cl)CC)cc2)nc1. The minimum Gasteiger partial charge on any atom is -0.426 e. The zero-order valence-electron chi connectivity index (χ0n) is 18.6. The molecule has 0 spiro atoms. The van der Waals surface area contributed by atoms with E-state index < -0.39 is 0 Å². The van der Waals surface area contributed by atoms with E-state index in [1.165, 1.54) is 50.5 Å². The molecule has 0 bridgehead atoms. The van der Waals surface area contributed by atoms with Crippen LogP contribution >= 0.6 is 11.6 Å². The minimum absolute atomic E-state index is 0.218. The number of rotatable bonds is 13. The number of ether oxygens (including phenoxy) is 1. The molecule has 0 N–H and O–H groups in total. The molecule has 0 aliphatic rings. The van der Waals surface area contributed by atoms with E-state index in [2.05, 4.69) is 16.9 Å². The Bertz CT molecular complexity index is 747. The van der Waals surface area contributed by atoms with Crippen molar-refractivity contribution in [3.05, 3.63) is 42.2 Å². The van der Waals surface area contributed by atoms with Gasteiger partial charge in [0.25, 0.3) is 0 Å². The fraction of sp³-hybridized carbons (Fsp3) is 0.560. The number of hydrogen-bond acceptors (Lipinski definition) is 4. The van der Waals surface area contributed by atoms with Crippen molar-refractivity contribution >= 4 is 17.6 Å². The molecule has 2 unspecified atom stereocenters. The van der Waals surface area contributed by atoms with Crippen LogP contribution in [-0.2, 0) is 11.2 Å². The van der Waals surface area contributed by atoms with Crippen LogP contribution in [0.3, 0.4) is 0 Å². The summed E-state index contributed by atoms with van der Waals surface area (Å²) < 4.78 is 5.43. The van der Waals surface area contributed by atoms with Gasteiger partial charge >= 0.3 is 5.97 Å². The monoisotopic (exact) mass is 430 g/mol. The first kappa shape index (κ1) is 24.3. The van der Waals surface area contributed by atoms with Crippen LogP contribution in [0.4, 0.5) is 0 Å². The molecule has 2 aromatic rings. The number of benzene rings is 1. The second-order valence-corrected chi connectivity index (χ2v) is 8.51. The lowest BCUT2D eigenvalue weighted by Gasteiger charge is -2.15. The lowest BCUT2D eigenvalue weighted by Crippen LogP contribution is -2.25. The number of carbonyl (C=O) groups excluding carboxylic acids is 1. The Morgan fingerprint density at radius 3 is 2.17 bits per heavy atom. The Kier molecular flexibility index (Phi) is 10.9. The van der Waals surface area contributed by atoms with E-state index in [-0.39, 0.29) is 17.3 Å². The number of hydrogen-bond donors (Lipinski definition) is 0. The smallest absolute Gasteiger partial charge is 0.315 e. The van der Waals surface area contributed by atoms with Crippen LogP contribution in [0.5, 0.6) is 5.75 Å². The third-order valence-electron chi connectivity index (χ3n) is 5.41. The highest BCUT2D eigenvalue weighted by Crippen LogP contribution is 2.22. The highest BCUT2D eigenvalue weighted by atomic mass is 35.5. The first-order valence-electron chi connectivity index (χ1n) is 11.3. The number of unbranched alkanes of at least 4 members (excludes halogenated alkanes) is 6. The van der Waals surface area contributed by atoms with Gasteiger partial charge in [0.05, 0.1) is 5.92 Å². The molecule has 0 saturated carbocycles. The number of aryl methyl sites for hydroxylation is 1. The third kappa shape index (κ3) is 8.06. The Balaban J connectivity index is 1.81. The summed E-state index contributed by atoms with van der Waals surface area (Å²) >= 11 is 6.14. The molecule has 0 amide bonds. The maximum absolute atomic E-state index is 12.1. The Hall–Kier alpha value is -1.94. The van der Waals surface area contributed by atoms with Crippen molar-refractivity contribution in [1.82, 2.24) is 9.97 Å². The van der Waals surface area contributed by atoms with Gasteiger partial charge in [-0.3, -0.25) is 4.79 Å². The lowest BCUT2D eigenvalue weighted by atomic mass is 10.1. The Morgan fingerprint density at radius 2 is 1.57 bits per heavy atom. The van der Waals surface area contributed by atoms with Crippen molar-refractivity contribution in [2.45, 2.75) is 83.9 Å². The molecule has 1 aromatic heterocycles. The largest absolute Gasteiger partial charge is 0.426 e. The molecule has 0 aliphatic carbocycles. The molecule has 0 radical (unpaired) electrons. The van der Waals surface area contributed by atoms with E-state index in [1.54, 1.807) is 19.1 Å². The molecule has 0 aliphatic heterocycles. The molecule has 2 atom stereocenters. The van der Waals surface area contributed by atoms with Gasteiger partial charge < -0.3 is 4.74 Å². The minimum atomic E-state index is -0.344. The van der Waals surface area contributed by atoms with Crippen molar-refractivity contribution in [3.8, 4) is 17.1 Å². The summed E-state index contributed by atoms with van der Waals surface area (Å²) in [5.41, 5.74) is 2.08. The van der Waals surface area contributed by atoms with Gasteiger partial charge in [0.1, 0.15) is 5.75 Å². The van der Waals surface area contributed by atoms with Gasteiger partial charge in [0, 0.05) is 23.3 Å². The van der Waals surface area contributed by atoms with Crippen LogP contribution in [0.2, 0.25) is 0 Å². The molecule has 2 rings (SSSR count). The highest BCUT2D eigenvalue weighted by molar-refractivity contribution is 6.21. The van der Waals surface area contributed by atoms with E-state index in [1.807, 2.05) is 31.5 Å². The maximum Gasteiger partial charge on any atom is 0.315 e. The quantitative estimate of drug-likeness (QED) is 0.148. The van der Waals surface area contributed by atoms with E-state index in [4.69, 9.17) is 16.3 Å². The van der Waals surface area contributed by atoms with Gasteiger partial charge in [0.2, 0.25) is 0 Å². The average Bonchev–Trinajstić information content (AvgIpc) is 2.78. The highest BCUT2D eigenvalue weighted by Gasteiger charge is 2.22. The molecule has 30 heavy (non-hydrogen) atoms. The van der Waals surface area contributed by atoms with Gasteiger partial charge in [-0.1, -0.05) is 59.3 Å². The molecule has 164 valence electrons. The lowest BCUT2D eigenvalue weighted by molar-refractivity contribution is -0.138. The molecule has 0 saturated heterocycles.